The zero-order valence-electron chi connectivity index (χ0n) is 12.8. The van der Waals surface area contributed by atoms with Crippen molar-refractivity contribution in [2.45, 2.75) is 12.5 Å². The van der Waals surface area contributed by atoms with Crippen molar-refractivity contribution < 1.29 is 4.74 Å². The summed E-state index contributed by atoms with van der Waals surface area (Å²) in [5.74, 6) is 0. The first-order chi connectivity index (χ1) is 10.8. The lowest BCUT2D eigenvalue weighted by Gasteiger charge is -2.22. The minimum Gasteiger partial charge on any atom is -0.385 e. The van der Waals surface area contributed by atoms with E-state index in [1.165, 1.54) is 11.1 Å². The van der Waals surface area contributed by atoms with Crippen LogP contribution in [0.3, 0.4) is 0 Å². The van der Waals surface area contributed by atoms with Crippen molar-refractivity contribution in [1.29, 1.82) is 0 Å². The summed E-state index contributed by atoms with van der Waals surface area (Å²) >= 11 is 5.42. The molecular weight excluding hydrogens is 292 g/mol. The molecule has 0 heterocycles. The fourth-order valence-electron chi connectivity index (χ4n) is 2.25. The SMILES string of the molecule is COCCCNC(=S)NC(c1ccccc1)c1ccccc1. The maximum Gasteiger partial charge on any atom is 0.167 e. The van der Waals surface area contributed by atoms with Crippen molar-refractivity contribution >= 4 is 17.3 Å². The second-order valence-corrected chi connectivity index (χ2v) is 5.41. The Balaban J connectivity index is 2.04. The van der Waals surface area contributed by atoms with Gasteiger partial charge in [0.25, 0.3) is 0 Å². The Kier molecular flexibility index (Phi) is 6.87. The van der Waals surface area contributed by atoms with Crippen LogP contribution in [0.25, 0.3) is 0 Å². The molecule has 0 saturated carbocycles. The summed E-state index contributed by atoms with van der Waals surface area (Å²) in [5, 5.41) is 7.29. The largest absolute Gasteiger partial charge is 0.385 e. The van der Waals surface area contributed by atoms with Gasteiger partial charge < -0.3 is 15.4 Å². The van der Waals surface area contributed by atoms with Crippen LogP contribution in [-0.2, 0) is 4.74 Å². The molecule has 2 aromatic rings. The molecule has 0 unspecified atom stereocenters. The minimum atomic E-state index is 0.0461. The van der Waals surface area contributed by atoms with Gasteiger partial charge in [0.2, 0.25) is 0 Å². The molecule has 2 N–H and O–H groups in total. The normalized spacial score (nSPS) is 10.5. The average molecular weight is 314 g/mol. The molecule has 4 heteroatoms. The summed E-state index contributed by atoms with van der Waals surface area (Å²) < 4.78 is 5.04. The standard InChI is InChI=1S/C18H22N2OS/c1-21-14-8-13-19-18(22)20-17(15-9-4-2-5-10-15)16-11-6-3-7-12-16/h2-7,9-12,17H,8,13-14H2,1H3,(H2,19,20,22). The van der Waals surface area contributed by atoms with E-state index in [1.54, 1.807) is 7.11 Å². The molecule has 3 nitrogen and oxygen atoms in total. The maximum atomic E-state index is 5.42. The van der Waals surface area contributed by atoms with E-state index in [1.807, 2.05) is 36.4 Å². The molecule has 0 bridgehead atoms. The topological polar surface area (TPSA) is 33.3 Å². The van der Waals surface area contributed by atoms with Crippen LogP contribution in [0.5, 0.6) is 0 Å². The monoisotopic (exact) mass is 314 g/mol. The zero-order valence-corrected chi connectivity index (χ0v) is 13.6. The fraction of sp³-hybridized carbons (Fsp3) is 0.278. The minimum absolute atomic E-state index is 0.0461. The molecule has 0 fully saturated rings. The van der Waals surface area contributed by atoms with Gasteiger partial charge in [-0.1, -0.05) is 60.7 Å². The molecule has 22 heavy (non-hydrogen) atoms. The van der Waals surface area contributed by atoms with E-state index in [-0.39, 0.29) is 6.04 Å². The number of methoxy groups -OCH3 is 1. The van der Waals surface area contributed by atoms with E-state index in [0.717, 1.165) is 19.6 Å². The summed E-state index contributed by atoms with van der Waals surface area (Å²) in [6.07, 6.45) is 0.930. The Bertz CT molecular complexity index is 520. The molecule has 0 aliphatic carbocycles. The number of rotatable bonds is 7. The highest BCUT2D eigenvalue weighted by Gasteiger charge is 2.14. The maximum absolute atomic E-state index is 5.42. The number of nitrogens with one attached hydrogen (secondary N) is 2. The molecule has 116 valence electrons. The average Bonchev–Trinajstić information content (AvgIpc) is 2.58. The number of benzene rings is 2. The predicted octanol–water partition coefficient (Wildman–Crippen LogP) is 3.28. The third kappa shape index (κ3) is 5.13. The molecular formula is C18H22N2OS. The van der Waals surface area contributed by atoms with Crippen LogP contribution in [0.15, 0.2) is 60.7 Å². The Hall–Kier alpha value is -1.91. The molecule has 0 saturated heterocycles. The van der Waals surface area contributed by atoms with Gasteiger partial charge in [0.05, 0.1) is 6.04 Å². The Labute approximate surface area is 137 Å². The van der Waals surface area contributed by atoms with E-state index >= 15 is 0 Å². The summed E-state index contributed by atoms with van der Waals surface area (Å²) in [5.41, 5.74) is 2.38. The van der Waals surface area contributed by atoms with Crippen molar-refractivity contribution in [3.8, 4) is 0 Å². The van der Waals surface area contributed by atoms with E-state index in [4.69, 9.17) is 17.0 Å². The van der Waals surface area contributed by atoms with Gasteiger partial charge in [-0.05, 0) is 29.8 Å². The first-order valence-electron chi connectivity index (χ1n) is 7.44. The Morgan fingerprint density at radius 1 is 1.00 bits per heavy atom. The van der Waals surface area contributed by atoms with E-state index < -0.39 is 0 Å². The van der Waals surface area contributed by atoms with Gasteiger partial charge in [-0.15, -0.1) is 0 Å². The summed E-state index contributed by atoms with van der Waals surface area (Å²) in [4.78, 5) is 0. The number of ether oxygens (including phenoxy) is 1. The molecule has 2 aromatic carbocycles. The second kappa shape index (κ2) is 9.18. The van der Waals surface area contributed by atoms with Crippen LogP contribution in [-0.4, -0.2) is 25.4 Å². The van der Waals surface area contributed by atoms with Crippen molar-refractivity contribution in [3.63, 3.8) is 0 Å². The van der Waals surface area contributed by atoms with E-state index in [9.17, 15) is 0 Å². The number of hydrogen-bond donors (Lipinski definition) is 2. The van der Waals surface area contributed by atoms with Crippen LogP contribution < -0.4 is 10.6 Å². The number of thiocarbonyl (C=S) groups is 1. The van der Waals surface area contributed by atoms with Crippen LogP contribution in [0.2, 0.25) is 0 Å². The quantitative estimate of drug-likeness (QED) is 0.607. The highest BCUT2D eigenvalue weighted by atomic mass is 32.1. The zero-order chi connectivity index (χ0) is 15.6. The van der Waals surface area contributed by atoms with E-state index in [2.05, 4.69) is 34.9 Å². The summed E-state index contributed by atoms with van der Waals surface area (Å²) in [7, 11) is 1.71. The molecule has 2 rings (SSSR count). The van der Waals surface area contributed by atoms with Crippen molar-refractivity contribution in [1.82, 2.24) is 10.6 Å². The highest BCUT2D eigenvalue weighted by Crippen LogP contribution is 2.21. The van der Waals surface area contributed by atoms with Gasteiger partial charge in [0.1, 0.15) is 0 Å². The summed E-state index contributed by atoms with van der Waals surface area (Å²) in [6.45, 7) is 1.53. The van der Waals surface area contributed by atoms with Crippen molar-refractivity contribution in [3.05, 3.63) is 71.8 Å². The lowest BCUT2D eigenvalue weighted by molar-refractivity contribution is 0.195. The molecule has 0 aromatic heterocycles. The molecule has 0 radical (unpaired) electrons. The molecule has 0 atom stereocenters. The van der Waals surface area contributed by atoms with Crippen molar-refractivity contribution in [2.75, 3.05) is 20.3 Å². The van der Waals surface area contributed by atoms with Gasteiger partial charge in [0.15, 0.2) is 5.11 Å². The van der Waals surface area contributed by atoms with Crippen LogP contribution in [0.1, 0.15) is 23.6 Å². The van der Waals surface area contributed by atoms with E-state index in [0.29, 0.717) is 5.11 Å². The Morgan fingerprint density at radius 3 is 2.05 bits per heavy atom. The number of hydrogen-bond acceptors (Lipinski definition) is 2. The summed E-state index contributed by atoms with van der Waals surface area (Å²) in [6, 6.07) is 20.7. The molecule has 0 spiro atoms. The van der Waals surface area contributed by atoms with Crippen LogP contribution in [0, 0.1) is 0 Å². The van der Waals surface area contributed by atoms with Gasteiger partial charge in [-0.2, -0.15) is 0 Å². The first kappa shape index (κ1) is 16.5. The lowest BCUT2D eigenvalue weighted by atomic mass is 9.99. The fourth-order valence-corrected chi connectivity index (χ4v) is 2.47. The predicted molar refractivity (Wildman–Crippen MR) is 95.0 cm³/mol. The van der Waals surface area contributed by atoms with Crippen LogP contribution in [0.4, 0.5) is 0 Å². The molecule has 0 aliphatic heterocycles. The third-order valence-corrected chi connectivity index (χ3v) is 3.61. The highest BCUT2D eigenvalue weighted by molar-refractivity contribution is 7.80. The third-order valence-electron chi connectivity index (χ3n) is 3.35. The lowest BCUT2D eigenvalue weighted by Crippen LogP contribution is -2.38. The smallest absolute Gasteiger partial charge is 0.167 e. The van der Waals surface area contributed by atoms with Crippen LogP contribution >= 0.6 is 12.2 Å². The van der Waals surface area contributed by atoms with Crippen molar-refractivity contribution in [2.24, 2.45) is 0 Å². The van der Waals surface area contributed by atoms with Gasteiger partial charge in [-0.25, -0.2) is 0 Å². The van der Waals surface area contributed by atoms with Gasteiger partial charge >= 0.3 is 0 Å². The van der Waals surface area contributed by atoms with Gasteiger partial charge in [-0.3, -0.25) is 0 Å². The van der Waals surface area contributed by atoms with Gasteiger partial charge in [0, 0.05) is 20.3 Å². The first-order valence-corrected chi connectivity index (χ1v) is 7.85. The molecule has 0 amide bonds. The second-order valence-electron chi connectivity index (χ2n) is 5.00. The molecule has 0 aliphatic rings. The Morgan fingerprint density at radius 2 is 1.55 bits per heavy atom.